The fourth-order valence-corrected chi connectivity index (χ4v) is 1.82. The van der Waals surface area contributed by atoms with Gasteiger partial charge in [-0.3, -0.25) is 0 Å². The van der Waals surface area contributed by atoms with Crippen molar-refractivity contribution in [1.82, 2.24) is 0 Å². The lowest BCUT2D eigenvalue weighted by Crippen LogP contribution is -1.79. The Bertz CT molecular complexity index is 226. The number of methoxy groups -OCH3 is 1. The lowest BCUT2D eigenvalue weighted by molar-refractivity contribution is 0.338. The van der Waals surface area contributed by atoms with Gasteiger partial charge in [-0.1, -0.05) is 76.2 Å². The van der Waals surface area contributed by atoms with E-state index in [0.717, 1.165) is 0 Å². The predicted molar refractivity (Wildman–Crippen MR) is 81.7 cm³/mol. The van der Waals surface area contributed by atoms with Crippen molar-refractivity contribution in [2.45, 2.75) is 64.7 Å². The summed E-state index contributed by atoms with van der Waals surface area (Å²) in [6.45, 7) is 2.27. The molecule has 0 aromatic rings. The van der Waals surface area contributed by atoms with E-state index in [1.165, 1.54) is 57.8 Å². The Morgan fingerprint density at radius 1 is 0.722 bits per heavy atom. The van der Waals surface area contributed by atoms with Gasteiger partial charge >= 0.3 is 0 Å². The predicted octanol–water partition coefficient (Wildman–Crippen LogP) is 5.79. The second kappa shape index (κ2) is 16.0. The first-order chi connectivity index (χ1) is 8.91. The van der Waals surface area contributed by atoms with Crippen LogP contribution in [0.5, 0.6) is 0 Å². The topological polar surface area (TPSA) is 9.23 Å². The highest BCUT2D eigenvalue weighted by atomic mass is 16.5. The molecule has 0 amide bonds. The molecule has 1 heteroatoms. The van der Waals surface area contributed by atoms with Crippen LogP contribution in [0, 0.1) is 0 Å². The van der Waals surface area contributed by atoms with Crippen LogP contribution >= 0.6 is 0 Å². The molecule has 0 N–H and O–H groups in total. The van der Waals surface area contributed by atoms with Gasteiger partial charge in [-0.05, 0) is 18.9 Å². The molecule has 0 heterocycles. The Morgan fingerprint density at radius 2 is 1.33 bits per heavy atom. The number of allylic oxidation sites excluding steroid dienone is 5. The minimum atomic E-state index is 1.20. The van der Waals surface area contributed by atoms with Crippen molar-refractivity contribution < 1.29 is 4.74 Å². The van der Waals surface area contributed by atoms with Crippen LogP contribution in [0.15, 0.2) is 36.6 Å². The molecule has 0 saturated heterocycles. The molecule has 1 nitrogen and oxygen atoms in total. The maximum atomic E-state index is 4.79. The highest BCUT2D eigenvalue weighted by Gasteiger charge is 1.89. The molecule has 0 spiro atoms. The molecule has 0 aliphatic heterocycles. The summed E-state index contributed by atoms with van der Waals surface area (Å²) in [7, 11) is 1.66. The average Bonchev–Trinajstić information content (AvgIpc) is 2.39. The summed E-state index contributed by atoms with van der Waals surface area (Å²) in [5.74, 6) is 0. The third-order valence-electron chi connectivity index (χ3n) is 2.91. The van der Waals surface area contributed by atoms with E-state index in [9.17, 15) is 0 Å². The average molecular weight is 250 g/mol. The number of hydrogen-bond acceptors (Lipinski definition) is 1. The summed E-state index contributed by atoms with van der Waals surface area (Å²) >= 11 is 0. The minimum absolute atomic E-state index is 1.20. The summed E-state index contributed by atoms with van der Waals surface area (Å²) in [5.41, 5.74) is 0. The maximum absolute atomic E-state index is 4.79. The second-order valence-corrected chi connectivity index (χ2v) is 4.64. The zero-order valence-electron chi connectivity index (χ0n) is 12.2. The molecule has 0 unspecified atom stereocenters. The van der Waals surface area contributed by atoms with E-state index in [0.29, 0.717) is 0 Å². The van der Waals surface area contributed by atoms with E-state index < -0.39 is 0 Å². The molecule has 0 bridgehead atoms. The van der Waals surface area contributed by atoms with Gasteiger partial charge in [0.2, 0.25) is 0 Å². The van der Waals surface area contributed by atoms with Crippen LogP contribution < -0.4 is 0 Å². The first kappa shape index (κ1) is 17.0. The Morgan fingerprint density at radius 3 is 2.00 bits per heavy atom. The third-order valence-corrected chi connectivity index (χ3v) is 2.91. The highest BCUT2D eigenvalue weighted by Crippen LogP contribution is 2.09. The largest absolute Gasteiger partial charge is 0.504 e. The summed E-state index contributed by atoms with van der Waals surface area (Å²) in [4.78, 5) is 0. The quantitative estimate of drug-likeness (QED) is 0.242. The standard InChI is InChI=1S/C17H30O/c1-3-4-5-6-7-8-9-10-11-12-13-14-15-16-17-18-2/h12-17H,3-11H2,1-2H3. The van der Waals surface area contributed by atoms with Crippen molar-refractivity contribution in [3.63, 3.8) is 0 Å². The number of rotatable bonds is 12. The van der Waals surface area contributed by atoms with Crippen LogP contribution in [0.2, 0.25) is 0 Å². The Kier molecular flexibility index (Phi) is 15.1. The maximum Gasteiger partial charge on any atom is 0.0824 e. The zero-order chi connectivity index (χ0) is 13.3. The van der Waals surface area contributed by atoms with Gasteiger partial charge in [-0.25, -0.2) is 0 Å². The molecule has 0 aliphatic carbocycles. The van der Waals surface area contributed by atoms with Gasteiger partial charge in [0, 0.05) is 0 Å². The second-order valence-electron chi connectivity index (χ2n) is 4.64. The van der Waals surface area contributed by atoms with Gasteiger partial charge in [0.15, 0.2) is 0 Å². The normalized spacial score (nSPS) is 12.1. The number of hydrogen-bond donors (Lipinski definition) is 0. The van der Waals surface area contributed by atoms with Crippen LogP contribution in [0.3, 0.4) is 0 Å². The van der Waals surface area contributed by atoms with Crippen LogP contribution in [0.25, 0.3) is 0 Å². The molecule has 104 valence electrons. The van der Waals surface area contributed by atoms with Crippen molar-refractivity contribution in [1.29, 1.82) is 0 Å². The molecule has 0 saturated carbocycles. The van der Waals surface area contributed by atoms with Crippen molar-refractivity contribution in [3.05, 3.63) is 36.6 Å². The molecule has 0 fully saturated rings. The monoisotopic (exact) mass is 250 g/mol. The first-order valence-corrected chi connectivity index (χ1v) is 7.43. The molecule has 0 aromatic heterocycles. The van der Waals surface area contributed by atoms with Gasteiger partial charge in [-0.2, -0.15) is 0 Å². The number of ether oxygens (including phenoxy) is 1. The van der Waals surface area contributed by atoms with E-state index in [-0.39, 0.29) is 0 Å². The molecule has 0 aliphatic rings. The van der Waals surface area contributed by atoms with Gasteiger partial charge in [0.05, 0.1) is 13.4 Å². The molecule has 0 rings (SSSR count). The van der Waals surface area contributed by atoms with Crippen LogP contribution in [-0.4, -0.2) is 7.11 Å². The summed E-state index contributed by atoms with van der Waals surface area (Å²) in [5, 5.41) is 0. The summed E-state index contributed by atoms with van der Waals surface area (Å²) in [6.07, 6.45) is 24.3. The lowest BCUT2D eigenvalue weighted by Gasteiger charge is -1.99. The van der Waals surface area contributed by atoms with E-state index in [2.05, 4.69) is 19.1 Å². The smallest absolute Gasteiger partial charge is 0.0824 e. The zero-order valence-corrected chi connectivity index (χ0v) is 12.2. The highest BCUT2D eigenvalue weighted by molar-refractivity contribution is 5.09. The van der Waals surface area contributed by atoms with Gasteiger partial charge in [-0.15, -0.1) is 0 Å². The molecular formula is C17H30O. The van der Waals surface area contributed by atoms with Crippen LogP contribution in [-0.2, 0) is 4.74 Å². The van der Waals surface area contributed by atoms with Gasteiger partial charge in [0.1, 0.15) is 0 Å². The van der Waals surface area contributed by atoms with E-state index in [1.54, 1.807) is 13.4 Å². The van der Waals surface area contributed by atoms with E-state index in [4.69, 9.17) is 4.74 Å². The Labute approximate surface area is 114 Å². The van der Waals surface area contributed by atoms with Gasteiger partial charge < -0.3 is 4.74 Å². The number of unbranched alkanes of at least 4 members (excludes halogenated alkanes) is 8. The Hall–Kier alpha value is -0.980. The van der Waals surface area contributed by atoms with Crippen molar-refractivity contribution in [3.8, 4) is 0 Å². The Balaban J connectivity index is 3.17. The van der Waals surface area contributed by atoms with Crippen molar-refractivity contribution >= 4 is 0 Å². The van der Waals surface area contributed by atoms with Gasteiger partial charge in [0.25, 0.3) is 0 Å². The van der Waals surface area contributed by atoms with E-state index in [1.807, 2.05) is 18.2 Å². The van der Waals surface area contributed by atoms with E-state index >= 15 is 0 Å². The van der Waals surface area contributed by atoms with Crippen LogP contribution in [0.4, 0.5) is 0 Å². The molecule has 18 heavy (non-hydrogen) atoms. The summed E-state index contributed by atoms with van der Waals surface area (Å²) < 4.78 is 4.79. The first-order valence-electron chi connectivity index (χ1n) is 7.43. The third kappa shape index (κ3) is 15.0. The molecule has 0 aromatic carbocycles. The lowest BCUT2D eigenvalue weighted by atomic mass is 10.1. The van der Waals surface area contributed by atoms with Crippen molar-refractivity contribution in [2.24, 2.45) is 0 Å². The molecular weight excluding hydrogens is 220 g/mol. The van der Waals surface area contributed by atoms with Crippen LogP contribution in [0.1, 0.15) is 64.7 Å². The molecule has 0 radical (unpaired) electrons. The summed E-state index contributed by atoms with van der Waals surface area (Å²) in [6, 6.07) is 0. The SMILES string of the molecule is CCCCCCCCCCC=CC=CC=COC. The minimum Gasteiger partial charge on any atom is -0.504 e. The van der Waals surface area contributed by atoms with Crippen molar-refractivity contribution in [2.75, 3.05) is 7.11 Å². The fourth-order valence-electron chi connectivity index (χ4n) is 1.82. The molecule has 0 atom stereocenters. The fraction of sp³-hybridized carbons (Fsp3) is 0.647.